The van der Waals surface area contributed by atoms with E-state index in [4.69, 9.17) is 4.42 Å². The molecule has 0 atom stereocenters. The van der Waals surface area contributed by atoms with Crippen molar-refractivity contribution in [2.45, 2.75) is 6.54 Å². The monoisotopic (exact) mass is 451 g/mol. The van der Waals surface area contributed by atoms with Crippen molar-refractivity contribution in [1.29, 1.82) is 0 Å². The zero-order valence-electron chi connectivity index (χ0n) is 16.2. The van der Waals surface area contributed by atoms with Gasteiger partial charge in [-0.25, -0.2) is 0 Å². The van der Waals surface area contributed by atoms with Crippen LogP contribution in [0.5, 0.6) is 0 Å². The molecule has 0 spiro atoms. The number of thioether (sulfide) groups is 1. The second-order valence-corrected chi connectivity index (χ2v) is 7.62. The molecule has 0 saturated carbocycles. The van der Waals surface area contributed by atoms with Gasteiger partial charge in [0, 0.05) is 23.8 Å². The average Bonchev–Trinajstić information content (AvgIpc) is 3.34. The Morgan fingerprint density at radius 3 is 2.28 bits per heavy atom. The SMILES string of the molecule is O=C1S/C(=C/c2ccc(-c3ccccc3[N+](=O)[O-])o2)C(=O)N1Cc1ccccc1[N+](=O)[O-]. The number of nitrogens with zero attached hydrogens (tertiary/aromatic N) is 3. The Balaban J connectivity index is 1.58. The molecule has 160 valence electrons. The van der Waals surface area contributed by atoms with Crippen molar-refractivity contribution in [1.82, 2.24) is 4.90 Å². The number of hydrogen-bond acceptors (Lipinski definition) is 8. The highest BCUT2D eigenvalue weighted by molar-refractivity contribution is 8.18. The zero-order valence-corrected chi connectivity index (χ0v) is 17.0. The van der Waals surface area contributed by atoms with Crippen LogP contribution in [-0.2, 0) is 11.3 Å². The van der Waals surface area contributed by atoms with Crippen LogP contribution in [-0.4, -0.2) is 25.9 Å². The van der Waals surface area contributed by atoms with Crippen LogP contribution in [0.25, 0.3) is 17.4 Å². The molecule has 2 heterocycles. The molecule has 1 aliphatic rings. The predicted molar refractivity (Wildman–Crippen MR) is 115 cm³/mol. The van der Waals surface area contributed by atoms with Crippen LogP contribution < -0.4 is 0 Å². The molecular weight excluding hydrogens is 438 g/mol. The summed E-state index contributed by atoms with van der Waals surface area (Å²) in [6, 6.07) is 15.0. The number of nitro groups is 2. The Hall–Kier alpha value is -4.25. The highest BCUT2D eigenvalue weighted by atomic mass is 32.2. The van der Waals surface area contributed by atoms with Crippen LogP contribution in [0.3, 0.4) is 0 Å². The van der Waals surface area contributed by atoms with Crippen LogP contribution in [0.1, 0.15) is 11.3 Å². The first-order valence-corrected chi connectivity index (χ1v) is 9.98. The summed E-state index contributed by atoms with van der Waals surface area (Å²) in [4.78, 5) is 47.4. The molecule has 10 nitrogen and oxygen atoms in total. The lowest BCUT2D eigenvalue weighted by atomic mass is 10.1. The topological polar surface area (TPSA) is 137 Å². The third-order valence-electron chi connectivity index (χ3n) is 4.66. The molecule has 3 aromatic rings. The molecule has 2 amide bonds. The van der Waals surface area contributed by atoms with E-state index < -0.39 is 21.0 Å². The van der Waals surface area contributed by atoms with Gasteiger partial charge in [0.05, 0.1) is 26.9 Å². The number of amides is 2. The number of benzene rings is 2. The number of rotatable bonds is 6. The zero-order chi connectivity index (χ0) is 22.8. The second-order valence-electron chi connectivity index (χ2n) is 6.63. The molecule has 0 bridgehead atoms. The first kappa shape index (κ1) is 21.0. The van der Waals surface area contributed by atoms with Crippen LogP contribution in [0.2, 0.25) is 0 Å². The molecule has 11 heteroatoms. The number of carbonyl (C=O) groups is 2. The van der Waals surface area contributed by atoms with Crippen molar-refractivity contribution in [3.05, 3.63) is 97.1 Å². The summed E-state index contributed by atoms with van der Waals surface area (Å²) in [6.45, 7) is -0.237. The van der Waals surface area contributed by atoms with Gasteiger partial charge in [-0.3, -0.25) is 34.7 Å². The largest absolute Gasteiger partial charge is 0.456 e. The van der Waals surface area contributed by atoms with Gasteiger partial charge in [-0.05, 0) is 30.0 Å². The minimum Gasteiger partial charge on any atom is -0.456 e. The summed E-state index contributed by atoms with van der Waals surface area (Å²) in [5.74, 6) is -0.140. The lowest BCUT2D eigenvalue weighted by Gasteiger charge is -2.12. The van der Waals surface area contributed by atoms with Crippen LogP contribution in [0.15, 0.2) is 70.0 Å². The molecule has 4 rings (SSSR count). The smallest absolute Gasteiger partial charge is 0.293 e. The van der Waals surface area contributed by atoms with E-state index in [2.05, 4.69) is 0 Å². The normalized spacial score (nSPS) is 14.9. The molecule has 0 aliphatic carbocycles. The first-order chi connectivity index (χ1) is 15.3. The summed E-state index contributed by atoms with van der Waals surface area (Å²) >= 11 is 0.684. The van der Waals surface area contributed by atoms with Crippen molar-refractivity contribution in [2.75, 3.05) is 0 Å². The number of furan rings is 1. The Morgan fingerprint density at radius 2 is 1.56 bits per heavy atom. The summed E-state index contributed by atoms with van der Waals surface area (Å²) in [6.07, 6.45) is 1.36. The van der Waals surface area contributed by atoms with Crippen LogP contribution >= 0.6 is 11.8 Å². The molecule has 0 radical (unpaired) electrons. The molecular formula is C21H13N3O7S. The summed E-state index contributed by atoms with van der Waals surface area (Å²) in [5.41, 5.74) is 0.202. The van der Waals surface area contributed by atoms with E-state index in [0.717, 1.165) is 4.90 Å². The van der Waals surface area contributed by atoms with Gasteiger partial charge in [-0.1, -0.05) is 30.3 Å². The van der Waals surface area contributed by atoms with E-state index in [1.54, 1.807) is 24.3 Å². The predicted octanol–water partition coefficient (Wildman–Crippen LogP) is 5.00. The van der Waals surface area contributed by atoms with E-state index in [1.807, 2.05) is 0 Å². The Labute approximate surface area is 184 Å². The second kappa shape index (κ2) is 8.47. The van der Waals surface area contributed by atoms with Gasteiger partial charge in [-0.2, -0.15) is 0 Å². The fourth-order valence-corrected chi connectivity index (χ4v) is 3.99. The average molecular weight is 451 g/mol. The van der Waals surface area contributed by atoms with E-state index >= 15 is 0 Å². The minimum atomic E-state index is -0.609. The third-order valence-corrected chi connectivity index (χ3v) is 5.56. The van der Waals surface area contributed by atoms with Crippen molar-refractivity contribution < 1.29 is 23.9 Å². The van der Waals surface area contributed by atoms with E-state index in [0.29, 0.717) is 11.8 Å². The summed E-state index contributed by atoms with van der Waals surface area (Å²) < 4.78 is 5.64. The molecule has 1 aliphatic heterocycles. The lowest BCUT2D eigenvalue weighted by Crippen LogP contribution is -2.27. The van der Waals surface area contributed by atoms with Gasteiger partial charge in [0.25, 0.3) is 22.5 Å². The highest BCUT2D eigenvalue weighted by Gasteiger charge is 2.36. The molecule has 0 N–H and O–H groups in total. The Kier molecular flexibility index (Phi) is 5.56. The number of hydrogen-bond donors (Lipinski definition) is 0. The minimum absolute atomic E-state index is 0.0806. The number of carbonyl (C=O) groups excluding carboxylic acids is 2. The van der Waals surface area contributed by atoms with Crippen LogP contribution in [0, 0.1) is 20.2 Å². The van der Waals surface area contributed by atoms with Crippen LogP contribution in [0.4, 0.5) is 16.2 Å². The number of imide groups is 1. The number of para-hydroxylation sites is 2. The fraction of sp³-hybridized carbons (Fsp3) is 0.0476. The molecule has 1 saturated heterocycles. The van der Waals surface area contributed by atoms with Gasteiger partial charge in [0.2, 0.25) is 0 Å². The van der Waals surface area contributed by atoms with Crippen molar-refractivity contribution in [3.63, 3.8) is 0 Å². The fourth-order valence-electron chi connectivity index (χ4n) is 3.17. The van der Waals surface area contributed by atoms with Gasteiger partial charge < -0.3 is 4.42 Å². The van der Waals surface area contributed by atoms with Gasteiger partial charge in [0.15, 0.2) is 0 Å². The van der Waals surface area contributed by atoms with E-state index in [-0.39, 0.29) is 45.5 Å². The highest BCUT2D eigenvalue weighted by Crippen LogP contribution is 2.36. The maximum absolute atomic E-state index is 12.7. The molecule has 32 heavy (non-hydrogen) atoms. The molecule has 1 fully saturated rings. The molecule has 0 unspecified atom stereocenters. The Bertz CT molecular complexity index is 1300. The summed E-state index contributed by atoms with van der Waals surface area (Å²) in [7, 11) is 0. The van der Waals surface area contributed by atoms with E-state index in [9.17, 15) is 29.8 Å². The number of nitro benzene ring substituents is 2. The van der Waals surface area contributed by atoms with Crippen molar-refractivity contribution in [3.8, 4) is 11.3 Å². The van der Waals surface area contributed by atoms with Gasteiger partial charge in [-0.15, -0.1) is 0 Å². The molecule has 1 aromatic heterocycles. The third kappa shape index (κ3) is 4.01. The standard InChI is InChI=1S/C21H13N3O7S/c25-20-19(32-21(26)22(20)12-13-5-1-3-7-16(13)23(27)28)11-14-9-10-18(31-14)15-6-2-4-8-17(15)24(29)30/h1-11H,12H2/b19-11+. The maximum atomic E-state index is 12.7. The first-order valence-electron chi connectivity index (χ1n) is 9.16. The maximum Gasteiger partial charge on any atom is 0.293 e. The van der Waals surface area contributed by atoms with Crippen molar-refractivity contribution in [2.24, 2.45) is 0 Å². The van der Waals surface area contributed by atoms with Gasteiger partial charge >= 0.3 is 0 Å². The Morgan fingerprint density at radius 1 is 0.906 bits per heavy atom. The lowest BCUT2D eigenvalue weighted by molar-refractivity contribution is -0.385. The van der Waals surface area contributed by atoms with Gasteiger partial charge in [0.1, 0.15) is 11.5 Å². The van der Waals surface area contributed by atoms with E-state index in [1.165, 1.54) is 42.5 Å². The quantitative estimate of drug-likeness (QED) is 0.290. The van der Waals surface area contributed by atoms with Crippen molar-refractivity contribution >= 4 is 40.4 Å². The molecule has 2 aromatic carbocycles. The summed E-state index contributed by atoms with van der Waals surface area (Å²) in [5, 5.41) is 21.9.